The molecule has 0 spiro atoms. The Balaban J connectivity index is 1.90. The van der Waals surface area contributed by atoms with Gasteiger partial charge in [0.25, 0.3) is 0 Å². The first kappa shape index (κ1) is 20.8. The van der Waals surface area contributed by atoms with Crippen LogP contribution in [0.3, 0.4) is 0 Å². The molecule has 0 fully saturated rings. The van der Waals surface area contributed by atoms with Gasteiger partial charge in [-0.25, -0.2) is 0 Å². The molecule has 0 aliphatic carbocycles. The van der Waals surface area contributed by atoms with Crippen LogP contribution in [0.2, 0.25) is 5.02 Å². The number of hydrogen-bond donors (Lipinski definition) is 0. The minimum absolute atomic E-state index is 0.356. The quantitative estimate of drug-likeness (QED) is 0.544. The number of halogens is 1. The third-order valence-electron chi connectivity index (χ3n) is 5.47. The lowest BCUT2D eigenvalue weighted by Gasteiger charge is -2.37. The van der Waals surface area contributed by atoms with Crippen molar-refractivity contribution >= 4 is 11.6 Å². The topological polar surface area (TPSA) is 21.7 Å². The number of aryl methyl sites for hydroxylation is 1. The molecule has 3 rings (SSSR count). The van der Waals surface area contributed by atoms with E-state index >= 15 is 0 Å². The van der Waals surface area contributed by atoms with E-state index in [1.807, 2.05) is 12.1 Å². The van der Waals surface area contributed by atoms with Crippen molar-refractivity contribution in [2.75, 3.05) is 27.3 Å². The molecule has 1 unspecified atom stereocenters. The first-order chi connectivity index (χ1) is 13.5. The predicted molar refractivity (Wildman–Crippen MR) is 117 cm³/mol. The van der Waals surface area contributed by atoms with E-state index < -0.39 is 0 Å². The average molecular weight is 400 g/mol. The number of fused-ring (bicyclic) bond motifs is 1. The lowest BCUT2D eigenvalue weighted by Crippen LogP contribution is -2.36. The van der Waals surface area contributed by atoms with E-state index in [4.69, 9.17) is 21.1 Å². The molecule has 0 radical (unpaired) electrons. The summed E-state index contributed by atoms with van der Waals surface area (Å²) >= 11 is 6.04. The Hall–Kier alpha value is -1.97. The van der Waals surface area contributed by atoms with Gasteiger partial charge in [-0.1, -0.05) is 35.4 Å². The van der Waals surface area contributed by atoms with Gasteiger partial charge in [0.15, 0.2) is 11.5 Å². The summed E-state index contributed by atoms with van der Waals surface area (Å²) in [6, 6.07) is 12.9. The van der Waals surface area contributed by atoms with Crippen LogP contribution < -0.4 is 9.47 Å². The molecule has 0 saturated heterocycles. The van der Waals surface area contributed by atoms with Gasteiger partial charge in [0, 0.05) is 24.2 Å². The Morgan fingerprint density at radius 3 is 2.43 bits per heavy atom. The smallest absolute Gasteiger partial charge is 0.161 e. The van der Waals surface area contributed by atoms with Gasteiger partial charge < -0.3 is 9.47 Å². The van der Waals surface area contributed by atoms with Crippen molar-refractivity contribution in [3.63, 3.8) is 0 Å². The first-order valence-corrected chi connectivity index (χ1v) is 10.3. The van der Waals surface area contributed by atoms with Crippen LogP contribution in [0.4, 0.5) is 0 Å². The molecule has 0 amide bonds. The second-order valence-corrected chi connectivity index (χ2v) is 8.05. The SMILES string of the molecule is COc1cc2c(cc1OC)C(CCc1ccc(Cl)cc1)N(CC=C(C)C)CC2. The van der Waals surface area contributed by atoms with E-state index in [1.54, 1.807) is 14.2 Å². The van der Waals surface area contributed by atoms with Crippen molar-refractivity contribution < 1.29 is 9.47 Å². The minimum Gasteiger partial charge on any atom is -0.493 e. The molecule has 1 atom stereocenters. The number of rotatable bonds is 7. The molecule has 0 saturated carbocycles. The van der Waals surface area contributed by atoms with Crippen LogP contribution in [0.15, 0.2) is 48.0 Å². The van der Waals surface area contributed by atoms with E-state index in [2.05, 4.69) is 49.1 Å². The lowest BCUT2D eigenvalue weighted by molar-refractivity contribution is 0.194. The summed E-state index contributed by atoms with van der Waals surface area (Å²) in [5.74, 6) is 1.62. The number of allylic oxidation sites excluding steroid dienone is 1. The fourth-order valence-electron chi connectivity index (χ4n) is 3.89. The molecule has 2 aromatic rings. The molecule has 1 aliphatic heterocycles. The molecule has 1 aliphatic rings. The van der Waals surface area contributed by atoms with Crippen molar-refractivity contribution in [2.24, 2.45) is 0 Å². The maximum absolute atomic E-state index is 6.04. The Morgan fingerprint density at radius 1 is 1.11 bits per heavy atom. The van der Waals surface area contributed by atoms with Crippen LogP contribution in [0.5, 0.6) is 11.5 Å². The van der Waals surface area contributed by atoms with Crippen LogP contribution in [0, 0.1) is 0 Å². The van der Waals surface area contributed by atoms with Crippen LogP contribution >= 0.6 is 11.6 Å². The van der Waals surface area contributed by atoms with Crippen molar-refractivity contribution in [2.45, 2.75) is 39.2 Å². The van der Waals surface area contributed by atoms with E-state index in [1.165, 1.54) is 22.3 Å². The molecule has 0 N–H and O–H groups in total. The highest BCUT2D eigenvalue weighted by molar-refractivity contribution is 6.30. The van der Waals surface area contributed by atoms with Gasteiger partial charge in [-0.15, -0.1) is 0 Å². The maximum atomic E-state index is 6.04. The standard InChI is InChI=1S/C24H30ClNO2/c1-17(2)11-13-26-14-12-19-15-23(27-3)24(28-4)16-21(19)22(26)10-7-18-5-8-20(25)9-6-18/h5-6,8-9,11,15-16,22H,7,10,12-14H2,1-4H3. The third-order valence-corrected chi connectivity index (χ3v) is 5.72. The zero-order valence-electron chi connectivity index (χ0n) is 17.3. The summed E-state index contributed by atoms with van der Waals surface area (Å²) < 4.78 is 11.1. The summed E-state index contributed by atoms with van der Waals surface area (Å²) in [6.07, 6.45) is 5.42. The van der Waals surface area contributed by atoms with E-state index in [9.17, 15) is 0 Å². The molecule has 3 nitrogen and oxygen atoms in total. The van der Waals surface area contributed by atoms with Crippen LogP contribution in [-0.4, -0.2) is 32.2 Å². The fourth-order valence-corrected chi connectivity index (χ4v) is 4.02. The minimum atomic E-state index is 0.356. The largest absolute Gasteiger partial charge is 0.493 e. The van der Waals surface area contributed by atoms with Gasteiger partial charge in [0.2, 0.25) is 0 Å². The van der Waals surface area contributed by atoms with E-state index in [-0.39, 0.29) is 0 Å². The molecular weight excluding hydrogens is 370 g/mol. The number of methoxy groups -OCH3 is 2. The number of ether oxygens (including phenoxy) is 2. The summed E-state index contributed by atoms with van der Waals surface area (Å²) in [7, 11) is 3.41. The van der Waals surface area contributed by atoms with Gasteiger partial charge >= 0.3 is 0 Å². The third kappa shape index (κ3) is 4.89. The molecule has 28 heavy (non-hydrogen) atoms. The molecule has 4 heteroatoms. The highest BCUT2D eigenvalue weighted by Crippen LogP contribution is 2.39. The van der Waals surface area contributed by atoms with Crippen molar-refractivity contribution in [1.82, 2.24) is 4.90 Å². The summed E-state index contributed by atoms with van der Waals surface area (Å²) in [4.78, 5) is 2.58. The monoisotopic (exact) mass is 399 g/mol. The van der Waals surface area contributed by atoms with Gasteiger partial charge in [0.05, 0.1) is 14.2 Å². The van der Waals surface area contributed by atoms with E-state index in [0.29, 0.717) is 6.04 Å². The van der Waals surface area contributed by atoms with Gasteiger partial charge in [0.1, 0.15) is 0 Å². The molecule has 2 aromatic carbocycles. The number of benzene rings is 2. The highest BCUT2D eigenvalue weighted by Gasteiger charge is 2.28. The summed E-state index contributed by atoms with van der Waals surface area (Å²) in [6.45, 7) is 6.35. The Morgan fingerprint density at radius 2 is 1.79 bits per heavy atom. The number of nitrogens with zero attached hydrogens (tertiary/aromatic N) is 1. The highest BCUT2D eigenvalue weighted by atomic mass is 35.5. The maximum Gasteiger partial charge on any atom is 0.161 e. The molecular formula is C24H30ClNO2. The second kappa shape index (κ2) is 9.49. The summed E-state index contributed by atoms with van der Waals surface area (Å²) in [5, 5.41) is 0.786. The van der Waals surface area contributed by atoms with Crippen LogP contribution in [0.1, 0.15) is 43.0 Å². The zero-order chi connectivity index (χ0) is 20.1. The van der Waals surface area contributed by atoms with Crippen molar-refractivity contribution in [3.8, 4) is 11.5 Å². The van der Waals surface area contributed by atoms with Crippen LogP contribution in [-0.2, 0) is 12.8 Å². The molecule has 0 bridgehead atoms. The Bertz CT molecular complexity index is 825. The normalized spacial score (nSPS) is 16.4. The fraction of sp³-hybridized carbons (Fsp3) is 0.417. The average Bonchev–Trinajstić information content (AvgIpc) is 2.70. The second-order valence-electron chi connectivity index (χ2n) is 7.61. The Kier molecular flexibility index (Phi) is 7.03. The van der Waals surface area contributed by atoms with Crippen molar-refractivity contribution in [3.05, 3.63) is 69.8 Å². The van der Waals surface area contributed by atoms with Gasteiger partial charge in [-0.2, -0.15) is 0 Å². The predicted octanol–water partition coefficient (Wildman–Crippen LogP) is 5.86. The van der Waals surface area contributed by atoms with Crippen LogP contribution in [0.25, 0.3) is 0 Å². The summed E-state index contributed by atoms with van der Waals surface area (Å²) in [5.41, 5.74) is 5.40. The molecule has 150 valence electrons. The van der Waals surface area contributed by atoms with Gasteiger partial charge in [-0.05, 0) is 74.1 Å². The number of hydrogen-bond acceptors (Lipinski definition) is 3. The van der Waals surface area contributed by atoms with Crippen molar-refractivity contribution in [1.29, 1.82) is 0 Å². The zero-order valence-corrected chi connectivity index (χ0v) is 18.1. The molecule has 1 heterocycles. The Labute approximate surface area is 173 Å². The van der Waals surface area contributed by atoms with Gasteiger partial charge in [-0.3, -0.25) is 4.90 Å². The molecule has 0 aromatic heterocycles. The first-order valence-electron chi connectivity index (χ1n) is 9.88. The lowest BCUT2D eigenvalue weighted by atomic mass is 9.88. The van der Waals surface area contributed by atoms with E-state index in [0.717, 1.165) is 48.9 Å².